The Bertz CT molecular complexity index is 336. The zero-order valence-electron chi connectivity index (χ0n) is 14.2. The van der Waals surface area contributed by atoms with Gasteiger partial charge in [0.15, 0.2) is 0 Å². The summed E-state index contributed by atoms with van der Waals surface area (Å²) < 4.78 is 6.08. The second kappa shape index (κ2) is 7.73. The summed E-state index contributed by atoms with van der Waals surface area (Å²) in [5.74, 6) is 2.17. The number of piperidine rings is 1. The molecule has 4 unspecified atom stereocenters. The van der Waals surface area contributed by atoms with E-state index in [9.17, 15) is 4.79 Å². The molecule has 0 radical (unpaired) electrons. The minimum Gasteiger partial charge on any atom is -0.375 e. The van der Waals surface area contributed by atoms with Crippen LogP contribution in [0.5, 0.6) is 0 Å². The number of rotatable bonds is 4. The van der Waals surface area contributed by atoms with E-state index < -0.39 is 0 Å². The molecule has 2 rings (SSSR count). The van der Waals surface area contributed by atoms with Crippen LogP contribution < -0.4 is 5.32 Å². The van der Waals surface area contributed by atoms with Crippen molar-refractivity contribution in [3.05, 3.63) is 0 Å². The highest BCUT2D eigenvalue weighted by molar-refractivity contribution is 5.83. The van der Waals surface area contributed by atoms with E-state index in [1.165, 1.54) is 0 Å². The fourth-order valence-corrected chi connectivity index (χ4v) is 4.20. The van der Waals surface area contributed by atoms with Crippen LogP contribution in [0.1, 0.15) is 59.8 Å². The van der Waals surface area contributed by atoms with E-state index >= 15 is 0 Å². The van der Waals surface area contributed by atoms with E-state index in [1.54, 1.807) is 0 Å². The van der Waals surface area contributed by atoms with E-state index in [1.807, 2.05) is 0 Å². The second-order valence-corrected chi connectivity index (χ2v) is 7.52. The van der Waals surface area contributed by atoms with Crippen molar-refractivity contribution in [3.8, 4) is 0 Å². The average Bonchev–Trinajstić information content (AvgIpc) is 2.58. The van der Waals surface area contributed by atoms with Gasteiger partial charge in [0.05, 0.1) is 12.2 Å². The van der Waals surface area contributed by atoms with Gasteiger partial charge in [0.1, 0.15) is 5.78 Å². The molecular weight excluding hydrogens is 262 g/mol. The minimum atomic E-state index is 0.260. The first-order valence-electron chi connectivity index (χ1n) is 8.89. The van der Waals surface area contributed by atoms with Crippen LogP contribution in [0.15, 0.2) is 0 Å². The zero-order chi connectivity index (χ0) is 15.4. The van der Waals surface area contributed by atoms with Gasteiger partial charge < -0.3 is 10.1 Å². The van der Waals surface area contributed by atoms with Gasteiger partial charge in [0, 0.05) is 11.8 Å². The molecule has 1 saturated carbocycles. The summed E-state index contributed by atoms with van der Waals surface area (Å²) in [4.78, 5) is 12.9. The Morgan fingerprint density at radius 3 is 2.33 bits per heavy atom. The minimum absolute atomic E-state index is 0.260. The predicted octanol–water partition coefficient (Wildman–Crippen LogP) is 3.42. The summed E-state index contributed by atoms with van der Waals surface area (Å²) in [5, 5.41) is 3.36. The molecule has 0 amide bonds. The van der Waals surface area contributed by atoms with Gasteiger partial charge in [0.2, 0.25) is 0 Å². The van der Waals surface area contributed by atoms with Gasteiger partial charge in [-0.3, -0.25) is 4.79 Å². The highest BCUT2D eigenvalue weighted by Gasteiger charge is 2.36. The molecule has 1 aliphatic heterocycles. The highest BCUT2D eigenvalue weighted by atomic mass is 16.5. The molecule has 3 nitrogen and oxygen atoms in total. The standard InChI is InChI=1S/C18H33NO2/c1-12(2)21-17-6-5-16(13(3)11-14(17)4)18(20)15-7-9-19-10-8-15/h12-17,19H,5-11H2,1-4H3. The molecule has 0 bridgehead atoms. The van der Waals surface area contributed by atoms with Gasteiger partial charge in [0.25, 0.3) is 0 Å². The molecule has 0 aromatic carbocycles. The van der Waals surface area contributed by atoms with Crippen molar-refractivity contribution in [2.24, 2.45) is 23.7 Å². The van der Waals surface area contributed by atoms with Gasteiger partial charge >= 0.3 is 0 Å². The van der Waals surface area contributed by atoms with Crippen molar-refractivity contribution in [2.75, 3.05) is 13.1 Å². The van der Waals surface area contributed by atoms with Crippen LogP contribution in [0.3, 0.4) is 0 Å². The maximum absolute atomic E-state index is 12.9. The maximum atomic E-state index is 12.9. The molecule has 1 saturated heterocycles. The van der Waals surface area contributed by atoms with E-state index in [4.69, 9.17) is 4.74 Å². The molecule has 21 heavy (non-hydrogen) atoms. The Hall–Kier alpha value is -0.410. The molecule has 0 aromatic rings. The summed E-state index contributed by atoms with van der Waals surface area (Å²) in [5.41, 5.74) is 0. The predicted molar refractivity (Wildman–Crippen MR) is 86.3 cm³/mol. The Morgan fingerprint density at radius 1 is 1.05 bits per heavy atom. The Morgan fingerprint density at radius 2 is 1.71 bits per heavy atom. The summed E-state index contributed by atoms with van der Waals surface area (Å²) in [6.07, 6.45) is 5.87. The van der Waals surface area contributed by atoms with Crippen LogP contribution in [0, 0.1) is 23.7 Å². The number of carbonyl (C=O) groups excluding carboxylic acids is 1. The quantitative estimate of drug-likeness (QED) is 0.808. The molecule has 122 valence electrons. The zero-order valence-corrected chi connectivity index (χ0v) is 14.2. The molecule has 3 heteroatoms. The number of nitrogens with one attached hydrogen (secondary N) is 1. The van der Waals surface area contributed by atoms with Crippen LogP contribution in [0.25, 0.3) is 0 Å². The van der Waals surface area contributed by atoms with Crippen LogP contribution in [-0.4, -0.2) is 31.1 Å². The molecule has 0 aromatic heterocycles. The third kappa shape index (κ3) is 4.53. The molecule has 2 aliphatic rings. The van der Waals surface area contributed by atoms with Gasteiger partial charge in [-0.25, -0.2) is 0 Å². The average molecular weight is 295 g/mol. The third-order valence-corrected chi connectivity index (χ3v) is 5.38. The molecule has 2 fully saturated rings. The van der Waals surface area contributed by atoms with Crippen molar-refractivity contribution in [2.45, 2.75) is 72.0 Å². The van der Waals surface area contributed by atoms with E-state index in [-0.39, 0.29) is 12.0 Å². The topological polar surface area (TPSA) is 38.3 Å². The first-order valence-corrected chi connectivity index (χ1v) is 8.89. The number of hydrogen-bond acceptors (Lipinski definition) is 3. The monoisotopic (exact) mass is 295 g/mol. The Labute approximate surface area is 130 Å². The molecule has 4 atom stereocenters. The molecule has 1 heterocycles. The Balaban J connectivity index is 1.98. The van der Waals surface area contributed by atoms with E-state index in [0.29, 0.717) is 29.6 Å². The summed E-state index contributed by atoms with van der Waals surface area (Å²) in [6.45, 7) is 10.8. The van der Waals surface area contributed by atoms with Crippen LogP contribution in [0.4, 0.5) is 0 Å². The van der Waals surface area contributed by atoms with Crippen molar-refractivity contribution in [1.29, 1.82) is 0 Å². The Kier molecular flexibility index (Phi) is 6.24. The van der Waals surface area contributed by atoms with Gasteiger partial charge in [-0.2, -0.15) is 0 Å². The van der Waals surface area contributed by atoms with Crippen LogP contribution in [0.2, 0.25) is 0 Å². The van der Waals surface area contributed by atoms with Gasteiger partial charge in [-0.05, 0) is 70.9 Å². The summed E-state index contributed by atoms with van der Waals surface area (Å²) in [7, 11) is 0. The largest absolute Gasteiger partial charge is 0.375 e. The lowest BCUT2D eigenvalue weighted by molar-refractivity contribution is -0.129. The summed E-state index contributed by atoms with van der Waals surface area (Å²) >= 11 is 0. The number of Topliss-reactive ketones (excluding diaryl/α,β-unsaturated/α-hetero) is 1. The van der Waals surface area contributed by atoms with E-state index in [2.05, 4.69) is 33.0 Å². The van der Waals surface area contributed by atoms with Crippen molar-refractivity contribution in [3.63, 3.8) is 0 Å². The highest BCUT2D eigenvalue weighted by Crippen LogP contribution is 2.36. The number of hydrogen-bond donors (Lipinski definition) is 1. The third-order valence-electron chi connectivity index (χ3n) is 5.38. The summed E-state index contributed by atoms with van der Waals surface area (Å²) in [6, 6.07) is 0. The molecule has 1 aliphatic carbocycles. The fraction of sp³-hybridized carbons (Fsp3) is 0.944. The normalized spacial score (nSPS) is 35.7. The van der Waals surface area contributed by atoms with Crippen LogP contribution >= 0.6 is 0 Å². The molecular formula is C18H33NO2. The van der Waals surface area contributed by atoms with Gasteiger partial charge in [-0.1, -0.05) is 13.8 Å². The SMILES string of the molecule is CC(C)OC1CCC(C(=O)C2CCNCC2)C(C)CC1C. The molecule has 1 N–H and O–H groups in total. The van der Waals surface area contributed by atoms with Gasteiger partial charge in [-0.15, -0.1) is 0 Å². The lowest BCUT2D eigenvalue weighted by Gasteiger charge is -2.28. The van der Waals surface area contributed by atoms with Crippen LogP contribution in [-0.2, 0) is 9.53 Å². The second-order valence-electron chi connectivity index (χ2n) is 7.52. The lowest BCUT2D eigenvalue weighted by atomic mass is 9.78. The molecule has 0 spiro atoms. The number of ether oxygens (including phenoxy) is 1. The fourth-order valence-electron chi connectivity index (χ4n) is 4.20. The lowest BCUT2D eigenvalue weighted by Crippen LogP contribution is -2.36. The number of ketones is 1. The van der Waals surface area contributed by atoms with E-state index in [0.717, 1.165) is 45.2 Å². The maximum Gasteiger partial charge on any atom is 0.139 e. The van der Waals surface area contributed by atoms with Crippen molar-refractivity contribution < 1.29 is 9.53 Å². The van der Waals surface area contributed by atoms with Crippen molar-refractivity contribution in [1.82, 2.24) is 5.32 Å². The first kappa shape index (κ1) is 17.0. The smallest absolute Gasteiger partial charge is 0.139 e. The number of carbonyl (C=O) groups is 1. The van der Waals surface area contributed by atoms with Crippen molar-refractivity contribution >= 4 is 5.78 Å². The first-order chi connectivity index (χ1) is 9.99.